The predicted octanol–water partition coefficient (Wildman–Crippen LogP) is 2.21. The van der Waals surface area contributed by atoms with Crippen LogP contribution in [-0.2, 0) is 0 Å². The van der Waals surface area contributed by atoms with Gasteiger partial charge in [0.2, 0.25) is 0 Å². The maximum Gasteiger partial charge on any atom is 0.124 e. The van der Waals surface area contributed by atoms with Gasteiger partial charge in [-0.2, -0.15) is 0 Å². The van der Waals surface area contributed by atoms with Gasteiger partial charge in [-0.15, -0.1) is 0 Å². The highest BCUT2D eigenvalue weighted by atomic mass is 16.5. The van der Waals surface area contributed by atoms with Crippen LogP contribution in [0.1, 0.15) is 50.3 Å². The van der Waals surface area contributed by atoms with Crippen LogP contribution in [0.4, 0.5) is 0 Å². The van der Waals surface area contributed by atoms with Crippen LogP contribution < -0.4 is 10.1 Å². The molecule has 3 N–H and O–H groups in total. The summed E-state index contributed by atoms with van der Waals surface area (Å²) < 4.78 is 5.32. The van der Waals surface area contributed by atoms with Gasteiger partial charge in [0.05, 0.1) is 19.8 Å². The van der Waals surface area contributed by atoms with Crippen molar-refractivity contribution in [2.75, 3.05) is 20.3 Å². The standard InChI is InChI=1S/C16H27NO3/c1-5-13(10-18)17-9-15(19)14-8-12(11(2)3)6-7-16(14)20-4/h6-8,11,13,15,17-19H,5,9-10H2,1-4H3. The monoisotopic (exact) mass is 281 g/mol. The lowest BCUT2D eigenvalue weighted by atomic mass is 9.97. The second kappa shape index (κ2) is 8.25. The van der Waals surface area contributed by atoms with E-state index < -0.39 is 6.10 Å². The van der Waals surface area contributed by atoms with E-state index in [0.29, 0.717) is 18.2 Å². The van der Waals surface area contributed by atoms with Crippen LogP contribution in [0.5, 0.6) is 5.75 Å². The second-order valence-corrected chi connectivity index (χ2v) is 5.37. The van der Waals surface area contributed by atoms with Crippen molar-refractivity contribution in [1.29, 1.82) is 0 Å². The molecule has 0 bridgehead atoms. The lowest BCUT2D eigenvalue weighted by Crippen LogP contribution is -2.35. The van der Waals surface area contributed by atoms with Gasteiger partial charge in [0, 0.05) is 18.2 Å². The molecule has 1 rings (SSSR count). The molecule has 0 saturated carbocycles. The molecular weight excluding hydrogens is 254 g/mol. The molecule has 2 atom stereocenters. The Morgan fingerprint density at radius 2 is 2.00 bits per heavy atom. The minimum Gasteiger partial charge on any atom is -0.496 e. The molecule has 0 spiro atoms. The van der Waals surface area contributed by atoms with E-state index in [1.807, 2.05) is 25.1 Å². The molecule has 1 aromatic carbocycles. The van der Waals surface area contributed by atoms with Crippen molar-refractivity contribution >= 4 is 0 Å². The van der Waals surface area contributed by atoms with Gasteiger partial charge in [-0.1, -0.05) is 26.8 Å². The third kappa shape index (κ3) is 4.47. The maximum absolute atomic E-state index is 10.4. The third-order valence-electron chi connectivity index (χ3n) is 3.59. The largest absolute Gasteiger partial charge is 0.496 e. The molecule has 0 aliphatic rings. The predicted molar refractivity (Wildman–Crippen MR) is 81.2 cm³/mol. The Bertz CT molecular complexity index is 403. The zero-order valence-corrected chi connectivity index (χ0v) is 12.9. The molecule has 0 aliphatic carbocycles. The highest BCUT2D eigenvalue weighted by molar-refractivity contribution is 5.40. The number of hydrogen-bond donors (Lipinski definition) is 3. The van der Waals surface area contributed by atoms with Crippen molar-refractivity contribution in [3.63, 3.8) is 0 Å². The van der Waals surface area contributed by atoms with E-state index in [1.165, 1.54) is 5.56 Å². The van der Waals surface area contributed by atoms with Crippen LogP contribution in [0.15, 0.2) is 18.2 Å². The molecule has 0 fully saturated rings. The number of aliphatic hydroxyl groups excluding tert-OH is 2. The van der Waals surface area contributed by atoms with Crippen LogP contribution >= 0.6 is 0 Å². The highest BCUT2D eigenvalue weighted by Crippen LogP contribution is 2.28. The summed E-state index contributed by atoms with van der Waals surface area (Å²) in [6.45, 7) is 6.72. The Morgan fingerprint density at radius 3 is 2.50 bits per heavy atom. The van der Waals surface area contributed by atoms with Gasteiger partial charge in [-0.25, -0.2) is 0 Å². The molecule has 0 heterocycles. The Kier molecular flexibility index (Phi) is 6.99. The quantitative estimate of drug-likeness (QED) is 0.684. The molecule has 0 aromatic heterocycles. The topological polar surface area (TPSA) is 61.7 Å². The first kappa shape index (κ1) is 17.0. The number of ether oxygens (including phenoxy) is 1. The number of aliphatic hydroxyl groups is 2. The van der Waals surface area contributed by atoms with Gasteiger partial charge >= 0.3 is 0 Å². The summed E-state index contributed by atoms with van der Waals surface area (Å²) in [6.07, 6.45) is 0.177. The smallest absolute Gasteiger partial charge is 0.124 e. The Morgan fingerprint density at radius 1 is 1.30 bits per heavy atom. The molecular formula is C16H27NO3. The van der Waals surface area contributed by atoms with Crippen molar-refractivity contribution < 1.29 is 14.9 Å². The molecule has 0 aliphatic heterocycles. The van der Waals surface area contributed by atoms with Crippen molar-refractivity contribution in [3.8, 4) is 5.75 Å². The van der Waals surface area contributed by atoms with Gasteiger partial charge in [-0.05, 0) is 30.0 Å². The first-order chi connectivity index (χ1) is 9.53. The van der Waals surface area contributed by atoms with Crippen LogP contribution in [0.2, 0.25) is 0 Å². The van der Waals surface area contributed by atoms with E-state index in [9.17, 15) is 5.11 Å². The average Bonchev–Trinajstić information content (AvgIpc) is 2.47. The SMILES string of the molecule is CCC(CO)NCC(O)c1cc(C(C)C)ccc1OC. The lowest BCUT2D eigenvalue weighted by Gasteiger charge is -2.20. The number of methoxy groups -OCH3 is 1. The summed E-state index contributed by atoms with van der Waals surface area (Å²) in [5.74, 6) is 1.10. The van der Waals surface area contributed by atoms with Crippen molar-refractivity contribution in [1.82, 2.24) is 5.32 Å². The van der Waals surface area contributed by atoms with E-state index in [4.69, 9.17) is 9.84 Å². The van der Waals surface area contributed by atoms with Gasteiger partial charge in [0.15, 0.2) is 0 Å². The molecule has 114 valence electrons. The minimum absolute atomic E-state index is 0.0175. The maximum atomic E-state index is 10.4. The number of hydrogen-bond acceptors (Lipinski definition) is 4. The number of rotatable bonds is 8. The van der Waals surface area contributed by atoms with E-state index in [1.54, 1.807) is 7.11 Å². The number of benzene rings is 1. The molecule has 1 aromatic rings. The van der Waals surface area contributed by atoms with Crippen LogP contribution in [0.25, 0.3) is 0 Å². The minimum atomic E-state index is -0.649. The lowest BCUT2D eigenvalue weighted by molar-refractivity contribution is 0.154. The van der Waals surface area contributed by atoms with Crippen LogP contribution in [0, 0.1) is 0 Å². The summed E-state index contributed by atoms with van der Waals surface area (Å²) >= 11 is 0. The first-order valence-corrected chi connectivity index (χ1v) is 7.23. The highest BCUT2D eigenvalue weighted by Gasteiger charge is 2.16. The summed E-state index contributed by atoms with van der Waals surface area (Å²) in [4.78, 5) is 0. The van der Waals surface area contributed by atoms with Crippen molar-refractivity contribution in [3.05, 3.63) is 29.3 Å². The number of nitrogens with one attached hydrogen (secondary N) is 1. The first-order valence-electron chi connectivity index (χ1n) is 7.23. The van der Waals surface area contributed by atoms with E-state index in [2.05, 4.69) is 19.2 Å². The van der Waals surface area contributed by atoms with Gasteiger partial charge < -0.3 is 20.3 Å². The molecule has 0 amide bonds. The van der Waals surface area contributed by atoms with Gasteiger partial charge in [0.25, 0.3) is 0 Å². The van der Waals surface area contributed by atoms with Crippen molar-refractivity contribution in [2.24, 2.45) is 0 Å². The van der Waals surface area contributed by atoms with Crippen LogP contribution in [-0.4, -0.2) is 36.5 Å². The van der Waals surface area contributed by atoms with E-state index in [-0.39, 0.29) is 12.6 Å². The fourth-order valence-electron chi connectivity index (χ4n) is 2.10. The van der Waals surface area contributed by atoms with Gasteiger partial charge in [-0.3, -0.25) is 0 Å². The fourth-order valence-corrected chi connectivity index (χ4v) is 2.10. The molecule has 0 saturated heterocycles. The summed E-state index contributed by atoms with van der Waals surface area (Å²) in [7, 11) is 1.61. The average molecular weight is 281 g/mol. The Balaban J connectivity index is 2.84. The van der Waals surface area contributed by atoms with E-state index in [0.717, 1.165) is 12.0 Å². The molecule has 4 heteroatoms. The molecule has 4 nitrogen and oxygen atoms in total. The molecule has 2 unspecified atom stereocenters. The third-order valence-corrected chi connectivity index (χ3v) is 3.59. The Hall–Kier alpha value is -1.10. The second-order valence-electron chi connectivity index (χ2n) is 5.37. The van der Waals surface area contributed by atoms with Crippen LogP contribution in [0.3, 0.4) is 0 Å². The molecule has 0 radical (unpaired) electrons. The summed E-state index contributed by atoms with van der Waals surface area (Å²) in [5.41, 5.74) is 1.97. The van der Waals surface area contributed by atoms with Gasteiger partial charge in [0.1, 0.15) is 5.75 Å². The summed E-state index contributed by atoms with van der Waals surface area (Å²) in [6, 6.07) is 5.94. The zero-order valence-electron chi connectivity index (χ0n) is 12.9. The normalized spacial score (nSPS) is 14.3. The van der Waals surface area contributed by atoms with Crippen molar-refractivity contribution in [2.45, 2.75) is 45.3 Å². The molecule has 20 heavy (non-hydrogen) atoms. The Labute approximate surface area is 121 Å². The van der Waals surface area contributed by atoms with E-state index >= 15 is 0 Å². The zero-order chi connectivity index (χ0) is 15.1. The summed E-state index contributed by atoms with van der Waals surface area (Å²) in [5, 5.41) is 22.7. The fraction of sp³-hybridized carbons (Fsp3) is 0.625.